The zero-order chi connectivity index (χ0) is 14.7. The Morgan fingerprint density at radius 3 is 2.35 bits per heavy atom. The van der Waals surface area contributed by atoms with E-state index in [1.165, 1.54) is 12.1 Å². The number of amides is 1. The van der Waals surface area contributed by atoms with E-state index in [9.17, 15) is 14.0 Å². The highest BCUT2D eigenvalue weighted by molar-refractivity contribution is 5.86. The monoisotopic (exact) mass is 279 g/mol. The second-order valence-electron chi connectivity index (χ2n) is 5.26. The maximum absolute atomic E-state index is 12.8. The zero-order valence-corrected chi connectivity index (χ0v) is 11.4. The summed E-state index contributed by atoms with van der Waals surface area (Å²) < 4.78 is 12.8. The van der Waals surface area contributed by atoms with Crippen molar-refractivity contribution in [1.29, 1.82) is 0 Å². The van der Waals surface area contributed by atoms with Crippen LogP contribution < -0.4 is 0 Å². The van der Waals surface area contributed by atoms with Crippen LogP contribution in [-0.2, 0) is 16.0 Å². The average Bonchev–Trinajstić information content (AvgIpc) is 2.35. The number of nitrogens with zero attached hydrogens (tertiary/aromatic N) is 1. The summed E-state index contributed by atoms with van der Waals surface area (Å²) >= 11 is 0. The second-order valence-corrected chi connectivity index (χ2v) is 5.26. The highest BCUT2D eigenvalue weighted by atomic mass is 19.1. The number of hydrogen-bond donors (Lipinski definition) is 1. The number of hydrogen-bond acceptors (Lipinski definition) is 2. The number of likely N-dealkylation sites (N-methyl/N-ethyl adjacent to an activating group) is 1. The van der Waals surface area contributed by atoms with Gasteiger partial charge in [-0.2, -0.15) is 0 Å². The summed E-state index contributed by atoms with van der Waals surface area (Å²) in [6.07, 6.45) is 1.86. The van der Waals surface area contributed by atoms with Crippen molar-refractivity contribution >= 4 is 11.9 Å². The molecule has 1 aliphatic carbocycles. The summed E-state index contributed by atoms with van der Waals surface area (Å²) in [5.74, 6) is -2.19. The fourth-order valence-electron chi connectivity index (χ4n) is 2.43. The molecule has 1 aromatic rings. The van der Waals surface area contributed by atoms with E-state index in [0.29, 0.717) is 25.8 Å². The van der Waals surface area contributed by atoms with Crippen molar-refractivity contribution in [3.8, 4) is 0 Å². The van der Waals surface area contributed by atoms with Gasteiger partial charge in [-0.25, -0.2) is 4.39 Å². The van der Waals surface area contributed by atoms with Crippen molar-refractivity contribution < 1.29 is 19.1 Å². The molecule has 5 heteroatoms. The maximum Gasteiger partial charge on any atom is 0.307 e. The third-order valence-electron chi connectivity index (χ3n) is 3.93. The first kappa shape index (κ1) is 14.5. The quantitative estimate of drug-likeness (QED) is 0.896. The van der Waals surface area contributed by atoms with Crippen molar-refractivity contribution in [2.75, 3.05) is 13.6 Å². The van der Waals surface area contributed by atoms with Gasteiger partial charge in [-0.05, 0) is 37.0 Å². The van der Waals surface area contributed by atoms with Crippen LogP contribution in [-0.4, -0.2) is 35.5 Å². The SMILES string of the molecule is CN(CCc1ccc(F)cc1)C(=O)C1CCC1C(=O)O. The lowest BCUT2D eigenvalue weighted by Crippen LogP contribution is -2.45. The molecule has 0 saturated heterocycles. The van der Waals surface area contributed by atoms with Crippen LogP contribution in [0.15, 0.2) is 24.3 Å². The van der Waals surface area contributed by atoms with Crippen LogP contribution in [0, 0.1) is 17.7 Å². The lowest BCUT2D eigenvalue weighted by Gasteiger charge is -2.35. The fraction of sp³-hybridized carbons (Fsp3) is 0.467. The molecule has 1 aromatic carbocycles. The molecule has 2 rings (SSSR count). The highest BCUT2D eigenvalue weighted by Gasteiger charge is 2.42. The number of carboxylic acids is 1. The lowest BCUT2D eigenvalue weighted by atomic mass is 9.73. The molecule has 0 heterocycles. The Kier molecular flexibility index (Phi) is 4.37. The van der Waals surface area contributed by atoms with E-state index in [-0.39, 0.29) is 17.6 Å². The number of carbonyl (C=O) groups is 2. The van der Waals surface area contributed by atoms with Crippen LogP contribution in [0.3, 0.4) is 0 Å². The molecule has 0 aliphatic heterocycles. The zero-order valence-electron chi connectivity index (χ0n) is 11.4. The van der Waals surface area contributed by atoms with Crippen LogP contribution in [0.2, 0.25) is 0 Å². The van der Waals surface area contributed by atoms with Crippen LogP contribution in [0.25, 0.3) is 0 Å². The van der Waals surface area contributed by atoms with Gasteiger partial charge in [-0.1, -0.05) is 12.1 Å². The standard InChI is InChI=1S/C15H18FNO3/c1-17(9-8-10-2-4-11(16)5-3-10)14(18)12-6-7-13(12)15(19)20/h2-5,12-13H,6-9H2,1H3,(H,19,20). The third-order valence-corrected chi connectivity index (χ3v) is 3.93. The fourth-order valence-corrected chi connectivity index (χ4v) is 2.43. The number of benzene rings is 1. The molecular formula is C15H18FNO3. The molecule has 0 aromatic heterocycles. The molecule has 0 bridgehead atoms. The van der Waals surface area contributed by atoms with Crippen molar-refractivity contribution in [3.63, 3.8) is 0 Å². The van der Waals surface area contributed by atoms with E-state index in [1.54, 1.807) is 24.1 Å². The van der Waals surface area contributed by atoms with Crippen molar-refractivity contribution in [2.45, 2.75) is 19.3 Å². The smallest absolute Gasteiger partial charge is 0.307 e. The highest BCUT2D eigenvalue weighted by Crippen LogP contribution is 2.35. The molecule has 1 N–H and O–H groups in total. The van der Waals surface area contributed by atoms with Crippen LogP contribution >= 0.6 is 0 Å². The normalized spacial score (nSPS) is 21.1. The number of carbonyl (C=O) groups excluding carboxylic acids is 1. The first-order valence-electron chi connectivity index (χ1n) is 6.71. The summed E-state index contributed by atoms with van der Waals surface area (Å²) in [4.78, 5) is 24.6. The van der Waals surface area contributed by atoms with Crippen LogP contribution in [0.4, 0.5) is 4.39 Å². The summed E-state index contributed by atoms with van der Waals surface area (Å²) in [6, 6.07) is 6.17. The number of aliphatic carboxylic acids is 1. The Morgan fingerprint density at radius 2 is 1.85 bits per heavy atom. The summed E-state index contributed by atoms with van der Waals surface area (Å²) in [5.41, 5.74) is 0.953. The minimum atomic E-state index is -0.887. The predicted molar refractivity (Wildman–Crippen MR) is 71.6 cm³/mol. The van der Waals surface area contributed by atoms with Gasteiger partial charge in [0.05, 0.1) is 11.8 Å². The Balaban J connectivity index is 1.85. The van der Waals surface area contributed by atoms with Gasteiger partial charge in [0.15, 0.2) is 0 Å². The van der Waals surface area contributed by atoms with Gasteiger partial charge in [-0.3, -0.25) is 9.59 Å². The third kappa shape index (κ3) is 3.15. The number of carboxylic acid groups (broad SMARTS) is 1. The largest absolute Gasteiger partial charge is 0.481 e. The number of rotatable bonds is 5. The van der Waals surface area contributed by atoms with E-state index in [4.69, 9.17) is 5.11 Å². The van der Waals surface area contributed by atoms with Crippen LogP contribution in [0.1, 0.15) is 18.4 Å². The molecule has 20 heavy (non-hydrogen) atoms. The predicted octanol–water partition coefficient (Wildman–Crippen LogP) is 1.94. The van der Waals surface area contributed by atoms with Gasteiger partial charge < -0.3 is 10.0 Å². The van der Waals surface area contributed by atoms with Crippen LogP contribution in [0.5, 0.6) is 0 Å². The van der Waals surface area contributed by atoms with E-state index < -0.39 is 11.9 Å². The Labute approximate surface area is 117 Å². The molecule has 108 valence electrons. The van der Waals surface area contributed by atoms with Gasteiger partial charge in [-0.15, -0.1) is 0 Å². The van der Waals surface area contributed by atoms with E-state index in [1.807, 2.05) is 0 Å². The Bertz CT molecular complexity index is 500. The molecule has 4 nitrogen and oxygen atoms in total. The Hall–Kier alpha value is -1.91. The van der Waals surface area contributed by atoms with E-state index in [2.05, 4.69) is 0 Å². The molecule has 0 radical (unpaired) electrons. The topological polar surface area (TPSA) is 57.6 Å². The minimum absolute atomic E-state index is 0.106. The molecular weight excluding hydrogens is 261 g/mol. The molecule has 1 amide bonds. The second kappa shape index (κ2) is 6.03. The summed E-state index contributed by atoms with van der Waals surface area (Å²) in [6.45, 7) is 0.507. The molecule has 2 atom stereocenters. The molecule has 0 spiro atoms. The first-order chi connectivity index (χ1) is 9.49. The molecule has 1 fully saturated rings. The van der Waals surface area contributed by atoms with Gasteiger partial charge in [0.25, 0.3) is 0 Å². The van der Waals surface area contributed by atoms with E-state index in [0.717, 1.165) is 5.56 Å². The van der Waals surface area contributed by atoms with Crippen molar-refractivity contribution in [2.24, 2.45) is 11.8 Å². The molecule has 1 saturated carbocycles. The molecule has 2 unspecified atom stereocenters. The van der Waals surface area contributed by atoms with Gasteiger partial charge in [0.2, 0.25) is 5.91 Å². The van der Waals surface area contributed by atoms with E-state index >= 15 is 0 Å². The number of halogens is 1. The van der Waals surface area contributed by atoms with Gasteiger partial charge in [0.1, 0.15) is 5.82 Å². The summed E-state index contributed by atoms with van der Waals surface area (Å²) in [5, 5.41) is 8.96. The molecule has 1 aliphatic rings. The Morgan fingerprint density at radius 1 is 1.25 bits per heavy atom. The summed E-state index contributed by atoms with van der Waals surface area (Å²) in [7, 11) is 1.68. The van der Waals surface area contributed by atoms with Crippen molar-refractivity contribution in [1.82, 2.24) is 4.90 Å². The van der Waals surface area contributed by atoms with Crippen molar-refractivity contribution in [3.05, 3.63) is 35.6 Å². The van der Waals surface area contributed by atoms with Gasteiger partial charge >= 0.3 is 5.97 Å². The first-order valence-corrected chi connectivity index (χ1v) is 6.71. The van der Waals surface area contributed by atoms with Gasteiger partial charge in [0, 0.05) is 13.6 Å². The minimum Gasteiger partial charge on any atom is -0.481 e. The lowest BCUT2D eigenvalue weighted by molar-refractivity contribution is -0.156. The maximum atomic E-state index is 12.8. The average molecular weight is 279 g/mol.